The van der Waals surface area contributed by atoms with Gasteiger partial charge in [-0.15, -0.1) is 0 Å². The highest BCUT2D eigenvalue weighted by Gasteiger charge is 2.33. The Balaban J connectivity index is 1.18. The number of benzene rings is 2. The first-order valence-electron chi connectivity index (χ1n) is 12.7. The van der Waals surface area contributed by atoms with Gasteiger partial charge in [-0.25, -0.2) is 4.39 Å². The summed E-state index contributed by atoms with van der Waals surface area (Å²) in [6, 6.07) is 16.6. The Kier molecular flexibility index (Phi) is 7.83. The average molecular weight is 505 g/mol. The molecule has 0 aliphatic carbocycles. The van der Waals surface area contributed by atoms with Crippen molar-refractivity contribution in [2.45, 2.75) is 32.3 Å². The number of thiophene rings is 1. The summed E-state index contributed by atoms with van der Waals surface area (Å²) in [4.78, 5) is 17.6. The van der Waals surface area contributed by atoms with Crippen LogP contribution >= 0.6 is 11.3 Å². The number of amides is 1. The normalized spacial score (nSPS) is 19.8. The largest absolute Gasteiger partial charge is 0.377 e. The third kappa shape index (κ3) is 6.05. The third-order valence-electron chi connectivity index (χ3n) is 7.29. The fourth-order valence-electron chi connectivity index (χ4n) is 5.10. The molecule has 36 heavy (non-hydrogen) atoms. The summed E-state index contributed by atoms with van der Waals surface area (Å²) in [7, 11) is 0. The average Bonchev–Trinajstić information content (AvgIpc) is 3.57. The molecule has 0 radical (unpaired) electrons. The SMILES string of the molecule is Cc1ccc(C(=O)N2C/C(=C\N3CCC(COCc4ccc(F)cc4)CC3)C(c3ccsc3)C2)cc1. The zero-order chi connectivity index (χ0) is 24.9. The number of halogens is 1. The van der Waals surface area contributed by atoms with E-state index in [9.17, 15) is 9.18 Å². The highest BCUT2D eigenvalue weighted by molar-refractivity contribution is 7.08. The lowest BCUT2D eigenvalue weighted by Crippen LogP contribution is -2.32. The van der Waals surface area contributed by atoms with Crippen LogP contribution in [0.3, 0.4) is 0 Å². The molecule has 1 aromatic heterocycles. The van der Waals surface area contributed by atoms with Crippen LogP contribution in [0.5, 0.6) is 0 Å². The maximum Gasteiger partial charge on any atom is 0.254 e. The number of carbonyl (C=O) groups is 1. The van der Waals surface area contributed by atoms with Crippen LogP contribution in [0.25, 0.3) is 0 Å². The molecule has 0 bridgehead atoms. The first kappa shape index (κ1) is 24.7. The number of rotatable bonds is 7. The van der Waals surface area contributed by atoms with Crippen LogP contribution in [0.4, 0.5) is 4.39 Å². The van der Waals surface area contributed by atoms with Gasteiger partial charge in [-0.2, -0.15) is 11.3 Å². The second kappa shape index (κ2) is 11.4. The van der Waals surface area contributed by atoms with Gasteiger partial charge in [0, 0.05) is 50.5 Å². The van der Waals surface area contributed by atoms with Gasteiger partial charge >= 0.3 is 0 Å². The number of hydrogen-bond donors (Lipinski definition) is 0. The van der Waals surface area contributed by atoms with Gasteiger partial charge in [0.15, 0.2) is 0 Å². The van der Waals surface area contributed by atoms with Gasteiger partial charge in [0.2, 0.25) is 0 Å². The number of piperidine rings is 1. The highest BCUT2D eigenvalue weighted by atomic mass is 32.1. The van der Waals surface area contributed by atoms with E-state index in [4.69, 9.17) is 4.74 Å². The van der Waals surface area contributed by atoms with Gasteiger partial charge in [0.1, 0.15) is 5.82 Å². The predicted octanol–water partition coefficient (Wildman–Crippen LogP) is 6.25. The minimum atomic E-state index is -0.216. The lowest BCUT2D eigenvalue weighted by atomic mass is 9.95. The number of carbonyl (C=O) groups excluding carboxylic acids is 1. The molecule has 1 atom stereocenters. The van der Waals surface area contributed by atoms with E-state index in [1.165, 1.54) is 23.3 Å². The lowest BCUT2D eigenvalue weighted by molar-refractivity contribution is 0.0649. The molecule has 3 aromatic rings. The minimum Gasteiger partial charge on any atom is -0.377 e. The van der Waals surface area contributed by atoms with Crippen molar-refractivity contribution in [1.82, 2.24) is 9.80 Å². The maximum absolute atomic E-state index is 13.2. The zero-order valence-electron chi connectivity index (χ0n) is 20.7. The predicted molar refractivity (Wildman–Crippen MR) is 143 cm³/mol. The van der Waals surface area contributed by atoms with Crippen molar-refractivity contribution in [3.05, 3.63) is 105 Å². The minimum absolute atomic E-state index is 0.107. The first-order valence-corrected chi connectivity index (χ1v) is 13.6. The van der Waals surface area contributed by atoms with Crippen LogP contribution in [0.1, 0.15) is 45.8 Å². The van der Waals surface area contributed by atoms with Crippen molar-refractivity contribution in [2.75, 3.05) is 32.8 Å². The molecular formula is C30H33FN2O2S. The molecule has 2 aliphatic rings. The van der Waals surface area contributed by atoms with E-state index in [0.717, 1.165) is 55.8 Å². The molecule has 2 fully saturated rings. The van der Waals surface area contributed by atoms with Crippen molar-refractivity contribution in [3.8, 4) is 0 Å². The quantitative estimate of drug-likeness (QED) is 0.381. The van der Waals surface area contributed by atoms with Gasteiger partial charge in [-0.1, -0.05) is 29.8 Å². The summed E-state index contributed by atoms with van der Waals surface area (Å²) >= 11 is 1.71. The topological polar surface area (TPSA) is 32.8 Å². The van der Waals surface area contributed by atoms with Crippen molar-refractivity contribution in [1.29, 1.82) is 0 Å². The van der Waals surface area contributed by atoms with Crippen LogP contribution in [0.2, 0.25) is 0 Å². The molecule has 2 saturated heterocycles. The van der Waals surface area contributed by atoms with Crippen molar-refractivity contribution >= 4 is 17.2 Å². The highest BCUT2D eigenvalue weighted by Crippen LogP contribution is 2.35. The molecule has 1 unspecified atom stereocenters. The van der Waals surface area contributed by atoms with E-state index in [1.807, 2.05) is 36.1 Å². The van der Waals surface area contributed by atoms with Crippen LogP contribution < -0.4 is 0 Å². The Morgan fingerprint density at radius 3 is 2.53 bits per heavy atom. The Bertz CT molecular complexity index is 1170. The van der Waals surface area contributed by atoms with Crippen LogP contribution in [0, 0.1) is 18.7 Å². The monoisotopic (exact) mass is 504 g/mol. The van der Waals surface area contributed by atoms with Crippen molar-refractivity contribution in [3.63, 3.8) is 0 Å². The standard InChI is InChI=1S/C30H33FN2O2S/c1-22-2-6-25(7-3-22)30(34)33-17-27(29(18-33)26-12-15-36-21-26)16-32-13-10-24(11-14-32)20-35-19-23-4-8-28(31)9-5-23/h2-9,12,15-16,21,24,29H,10-11,13-14,17-20H2,1H3/b27-16+. The Labute approximate surface area is 217 Å². The van der Waals surface area contributed by atoms with E-state index in [0.29, 0.717) is 19.1 Å². The fraction of sp³-hybridized carbons (Fsp3) is 0.367. The van der Waals surface area contributed by atoms with Crippen LogP contribution in [-0.4, -0.2) is 48.5 Å². The smallest absolute Gasteiger partial charge is 0.254 e. The molecule has 4 nitrogen and oxygen atoms in total. The molecule has 3 heterocycles. The molecule has 2 aromatic carbocycles. The van der Waals surface area contributed by atoms with Crippen molar-refractivity contribution in [2.24, 2.45) is 5.92 Å². The summed E-state index contributed by atoms with van der Waals surface area (Å²) < 4.78 is 19.0. The van der Waals surface area contributed by atoms with Gasteiger partial charge in [0.25, 0.3) is 5.91 Å². The first-order chi connectivity index (χ1) is 17.5. The Morgan fingerprint density at radius 1 is 1.08 bits per heavy atom. The molecule has 2 aliphatic heterocycles. The number of hydrogen-bond acceptors (Lipinski definition) is 4. The fourth-order valence-corrected chi connectivity index (χ4v) is 5.81. The number of nitrogens with zero attached hydrogens (tertiary/aromatic N) is 2. The molecule has 0 spiro atoms. The Hall–Kier alpha value is -2.96. The van der Waals surface area contributed by atoms with Gasteiger partial charge in [-0.3, -0.25) is 4.79 Å². The van der Waals surface area contributed by atoms with Gasteiger partial charge in [-0.05, 0) is 83.5 Å². The van der Waals surface area contributed by atoms with Crippen molar-refractivity contribution < 1.29 is 13.9 Å². The molecule has 188 valence electrons. The van der Waals surface area contributed by atoms with E-state index in [1.54, 1.807) is 23.5 Å². The van der Waals surface area contributed by atoms with Crippen LogP contribution in [0.15, 0.2) is 77.1 Å². The second-order valence-electron chi connectivity index (χ2n) is 9.99. The summed E-state index contributed by atoms with van der Waals surface area (Å²) in [6.45, 7) is 6.69. The maximum atomic E-state index is 13.2. The van der Waals surface area contributed by atoms with Gasteiger partial charge < -0.3 is 14.5 Å². The molecular weight excluding hydrogens is 471 g/mol. The lowest BCUT2D eigenvalue weighted by Gasteiger charge is -2.32. The molecule has 6 heteroatoms. The molecule has 5 rings (SSSR count). The van der Waals surface area contributed by atoms with Gasteiger partial charge in [0.05, 0.1) is 6.61 Å². The molecule has 1 amide bonds. The van der Waals surface area contributed by atoms with E-state index in [-0.39, 0.29) is 17.6 Å². The summed E-state index contributed by atoms with van der Waals surface area (Å²) in [6.07, 6.45) is 4.49. The zero-order valence-corrected chi connectivity index (χ0v) is 21.6. The number of aryl methyl sites for hydroxylation is 1. The van der Waals surface area contributed by atoms with E-state index in [2.05, 4.69) is 27.9 Å². The second-order valence-corrected chi connectivity index (χ2v) is 10.8. The third-order valence-corrected chi connectivity index (χ3v) is 7.99. The van der Waals surface area contributed by atoms with Crippen LogP contribution in [-0.2, 0) is 11.3 Å². The van der Waals surface area contributed by atoms with E-state index >= 15 is 0 Å². The summed E-state index contributed by atoms with van der Waals surface area (Å²) in [5.74, 6) is 0.681. The molecule has 0 saturated carbocycles. The summed E-state index contributed by atoms with van der Waals surface area (Å²) in [5, 5.41) is 4.33. The van der Waals surface area contributed by atoms with E-state index < -0.39 is 0 Å². The summed E-state index contributed by atoms with van der Waals surface area (Å²) in [5.41, 5.74) is 5.54. The number of ether oxygens (including phenoxy) is 1. The number of likely N-dealkylation sites (tertiary alicyclic amines) is 2. The molecule has 0 N–H and O–H groups in total. The Morgan fingerprint density at radius 2 is 1.83 bits per heavy atom.